The van der Waals surface area contributed by atoms with Crippen LogP contribution in [-0.4, -0.2) is 28.8 Å². The molecule has 1 aromatic rings. The zero-order chi connectivity index (χ0) is 14.8. The van der Waals surface area contributed by atoms with Crippen molar-refractivity contribution in [3.63, 3.8) is 0 Å². The third-order valence-electron chi connectivity index (χ3n) is 2.97. The summed E-state index contributed by atoms with van der Waals surface area (Å²) in [5.74, 6) is -2.92. The molecule has 0 aromatic heterocycles. The van der Waals surface area contributed by atoms with E-state index in [1.54, 1.807) is 0 Å². The molecule has 1 aromatic carbocycles. The van der Waals surface area contributed by atoms with Gasteiger partial charge < -0.3 is 14.9 Å². The van der Waals surface area contributed by atoms with E-state index in [1.165, 1.54) is 0 Å². The van der Waals surface area contributed by atoms with Gasteiger partial charge in [-0.05, 0) is 18.4 Å². The van der Waals surface area contributed by atoms with E-state index in [9.17, 15) is 9.59 Å². The van der Waals surface area contributed by atoms with Crippen molar-refractivity contribution >= 4 is 11.9 Å². The Morgan fingerprint density at radius 1 is 1.10 bits per heavy atom. The Morgan fingerprint density at radius 2 is 1.80 bits per heavy atom. The first-order valence-electron chi connectivity index (χ1n) is 6.66. The number of carboxylic acids is 2. The molecule has 2 N–H and O–H groups in total. The summed E-state index contributed by atoms with van der Waals surface area (Å²) in [5, 5.41) is 17.5. The minimum Gasteiger partial charge on any atom is -0.481 e. The second-order valence-electron chi connectivity index (χ2n) is 4.67. The zero-order valence-corrected chi connectivity index (χ0v) is 11.3. The van der Waals surface area contributed by atoms with Crippen molar-refractivity contribution in [3.8, 4) is 0 Å². The highest BCUT2D eigenvalue weighted by atomic mass is 16.5. The van der Waals surface area contributed by atoms with Gasteiger partial charge in [0.05, 0.1) is 18.9 Å². The number of hydrogen-bond acceptors (Lipinski definition) is 3. The molecule has 1 atom stereocenters. The van der Waals surface area contributed by atoms with Crippen LogP contribution in [0.4, 0.5) is 0 Å². The highest BCUT2D eigenvalue weighted by Crippen LogP contribution is 2.13. The fourth-order valence-corrected chi connectivity index (χ4v) is 1.88. The van der Waals surface area contributed by atoms with E-state index < -0.39 is 17.9 Å². The summed E-state index contributed by atoms with van der Waals surface area (Å²) < 4.78 is 5.48. The standard InChI is InChI=1S/C15H20O5/c16-14(17)10-13(15(18)19)8-4-5-9-20-11-12-6-2-1-3-7-12/h1-3,6-7,13H,4-5,8-11H2,(H,16,17)(H,18,19). The lowest BCUT2D eigenvalue weighted by Crippen LogP contribution is -2.17. The quantitative estimate of drug-likeness (QED) is 0.643. The Hall–Kier alpha value is -1.88. The van der Waals surface area contributed by atoms with Crippen LogP contribution in [-0.2, 0) is 20.9 Å². The Kier molecular flexibility index (Phi) is 7.35. The summed E-state index contributed by atoms with van der Waals surface area (Å²) in [6.07, 6.45) is 1.44. The number of carboxylic acid groups (broad SMARTS) is 2. The average molecular weight is 280 g/mol. The van der Waals surface area contributed by atoms with Crippen molar-refractivity contribution in [1.82, 2.24) is 0 Å². The lowest BCUT2D eigenvalue weighted by Gasteiger charge is -2.09. The molecule has 0 spiro atoms. The predicted molar refractivity (Wildman–Crippen MR) is 73.3 cm³/mol. The molecule has 20 heavy (non-hydrogen) atoms. The van der Waals surface area contributed by atoms with E-state index in [0.29, 0.717) is 26.1 Å². The first-order chi connectivity index (χ1) is 9.59. The Balaban J connectivity index is 2.11. The van der Waals surface area contributed by atoms with Gasteiger partial charge in [0, 0.05) is 6.61 Å². The number of hydrogen-bond donors (Lipinski definition) is 2. The van der Waals surface area contributed by atoms with Gasteiger partial charge in [-0.25, -0.2) is 0 Å². The van der Waals surface area contributed by atoms with Gasteiger partial charge in [-0.1, -0.05) is 36.8 Å². The Morgan fingerprint density at radius 3 is 2.40 bits per heavy atom. The van der Waals surface area contributed by atoms with Crippen LogP contribution in [0.5, 0.6) is 0 Å². The third kappa shape index (κ3) is 6.89. The van der Waals surface area contributed by atoms with Crippen molar-refractivity contribution in [2.24, 2.45) is 5.92 Å². The lowest BCUT2D eigenvalue weighted by molar-refractivity contribution is -0.148. The predicted octanol–water partition coefficient (Wildman–Crippen LogP) is 2.55. The first-order valence-corrected chi connectivity index (χ1v) is 6.66. The average Bonchev–Trinajstić information content (AvgIpc) is 2.41. The molecule has 0 bridgehead atoms. The molecule has 0 radical (unpaired) electrons. The third-order valence-corrected chi connectivity index (χ3v) is 2.97. The molecule has 1 unspecified atom stereocenters. The summed E-state index contributed by atoms with van der Waals surface area (Å²) in [4.78, 5) is 21.4. The second-order valence-corrected chi connectivity index (χ2v) is 4.67. The van der Waals surface area contributed by atoms with E-state index in [2.05, 4.69) is 0 Å². The first kappa shape index (κ1) is 16.2. The van der Waals surface area contributed by atoms with Crippen molar-refractivity contribution in [2.45, 2.75) is 32.3 Å². The summed E-state index contributed by atoms with van der Waals surface area (Å²) in [6.45, 7) is 1.09. The largest absolute Gasteiger partial charge is 0.481 e. The van der Waals surface area contributed by atoms with Gasteiger partial charge in [0.1, 0.15) is 0 Å². The second kappa shape index (κ2) is 9.09. The van der Waals surface area contributed by atoms with Gasteiger partial charge in [0.2, 0.25) is 0 Å². The molecular formula is C15H20O5. The van der Waals surface area contributed by atoms with E-state index in [0.717, 1.165) is 12.0 Å². The van der Waals surface area contributed by atoms with Crippen LogP contribution in [0.3, 0.4) is 0 Å². The van der Waals surface area contributed by atoms with Gasteiger partial charge >= 0.3 is 11.9 Å². The SMILES string of the molecule is O=C(O)CC(CCCCOCc1ccccc1)C(=O)O. The Bertz CT molecular complexity index is 416. The lowest BCUT2D eigenvalue weighted by atomic mass is 9.99. The normalized spacial score (nSPS) is 12.0. The highest BCUT2D eigenvalue weighted by molar-refractivity contribution is 5.77. The molecule has 110 valence electrons. The number of carbonyl (C=O) groups is 2. The summed E-state index contributed by atoms with van der Waals surface area (Å²) >= 11 is 0. The van der Waals surface area contributed by atoms with Crippen LogP contribution < -0.4 is 0 Å². The fraction of sp³-hybridized carbons (Fsp3) is 0.467. The van der Waals surface area contributed by atoms with Crippen molar-refractivity contribution in [2.75, 3.05) is 6.61 Å². The maximum absolute atomic E-state index is 10.8. The van der Waals surface area contributed by atoms with Crippen molar-refractivity contribution < 1.29 is 24.5 Å². The Labute approximate surface area is 118 Å². The summed E-state index contributed by atoms with van der Waals surface area (Å²) in [6, 6.07) is 9.79. The van der Waals surface area contributed by atoms with E-state index >= 15 is 0 Å². The maximum Gasteiger partial charge on any atom is 0.307 e. The van der Waals surface area contributed by atoms with Crippen LogP contribution in [0.25, 0.3) is 0 Å². The molecule has 0 saturated heterocycles. The van der Waals surface area contributed by atoms with Gasteiger partial charge in [-0.3, -0.25) is 9.59 Å². The number of unbranched alkanes of at least 4 members (excludes halogenated alkanes) is 1. The number of rotatable bonds is 10. The van der Waals surface area contributed by atoms with Crippen molar-refractivity contribution in [3.05, 3.63) is 35.9 Å². The molecule has 0 aliphatic carbocycles. The molecule has 0 fully saturated rings. The molecule has 0 saturated carbocycles. The van der Waals surface area contributed by atoms with Crippen LogP contribution in [0.2, 0.25) is 0 Å². The molecule has 1 rings (SSSR count). The fourth-order valence-electron chi connectivity index (χ4n) is 1.88. The minimum atomic E-state index is -1.07. The van der Waals surface area contributed by atoms with E-state index in [4.69, 9.17) is 14.9 Å². The van der Waals surface area contributed by atoms with Gasteiger partial charge in [0.25, 0.3) is 0 Å². The maximum atomic E-state index is 10.8. The minimum absolute atomic E-state index is 0.319. The smallest absolute Gasteiger partial charge is 0.307 e. The molecule has 5 nitrogen and oxygen atoms in total. The van der Waals surface area contributed by atoms with Crippen LogP contribution in [0.15, 0.2) is 30.3 Å². The summed E-state index contributed by atoms with van der Waals surface area (Å²) in [5.41, 5.74) is 1.10. The molecule has 0 amide bonds. The zero-order valence-electron chi connectivity index (χ0n) is 11.3. The topological polar surface area (TPSA) is 83.8 Å². The van der Waals surface area contributed by atoms with Gasteiger partial charge in [-0.2, -0.15) is 0 Å². The summed E-state index contributed by atoms with van der Waals surface area (Å²) in [7, 11) is 0. The van der Waals surface area contributed by atoms with E-state index in [-0.39, 0.29) is 6.42 Å². The number of ether oxygens (including phenoxy) is 1. The molecule has 0 heterocycles. The molecule has 0 aliphatic rings. The van der Waals surface area contributed by atoms with E-state index in [1.807, 2.05) is 30.3 Å². The van der Waals surface area contributed by atoms with Gasteiger partial charge in [-0.15, -0.1) is 0 Å². The number of aliphatic carboxylic acids is 2. The monoisotopic (exact) mass is 280 g/mol. The highest BCUT2D eigenvalue weighted by Gasteiger charge is 2.20. The van der Waals surface area contributed by atoms with Crippen molar-refractivity contribution in [1.29, 1.82) is 0 Å². The van der Waals surface area contributed by atoms with Crippen LogP contribution in [0, 0.1) is 5.92 Å². The van der Waals surface area contributed by atoms with Gasteiger partial charge in [0.15, 0.2) is 0 Å². The number of benzene rings is 1. The molecule has 5 heteroatoms. The van der Waals surface area contributed by atoms with Crippen LogP contribution in [0.1, 0.15) is 31.2 Å². The molecular weight excluding hydrogens is 260 g/mol. The molecule has 0 aliphatic heterocycles. The van der Waals surface area contributed by atoms with Crippen LogP contribution >= 0.6 is 0 Å².